The number of thiophene rings is 1. The van der Waals surface area contributed by atoms with E-state index in [1.165, 1.54) is 11.3 Å². The Bertz CT molecular complexity index is 1150. The number of aromatic nitrogens is 2. The van der Waals surface area contributed by atoms with Gasteiger partial charge < -0.3 is 14.5 Å². The Labute approximate surface area is 185 Å². The standard InChI is InChI=1S/C23H25N5O2S/c1-4-30-23(29)20-15(2)19-21(25-16(3)26-22(19)31-20)28-11-5-10-27(12-13-28)18-8-6-17(14-24)7-9-18/h6-9H,4-5,10-13H2,1-3H3. The molecule has 1 aliphatic rings. The van der Waals surface area contributed by atoms with Crippen molar-refractivity contribution in [3.8, 4) is 6.07 Å². The average molecular weight is 436 g/mol. The Balaban J connectivity index is 1.63. The quantitative estimate of drug-likeness (QED) is 0.571. The van der Waals surface area contributed by atoms with E-state index in [0.29, 0.717) is 22.9 Å². The first-order chi connectivity index (χ1) is 15.0. The summed E-state index contributed by atoms with van der Waals surface area (Å²) < 4.78 is 5.24. The Hall–Kier alpha value is -3.18. The summed E-state index contributed by atoms with van der Waals surface area (Å²) in [4.78, 5) is 27.9. The van der Waals surface area contributed by atoms with Crippen LogP contribution in [0.5, 0.6) is 0 Å². The van der Waals surface area contributed by atoms with Gasteiger partial charge in [0.15, 0.2) is 0 Å². The summed E-state index contributed by atoms with van der Waals surface area (Å²) in [6.07, 6.45) is 0.985. The van der Waals surface area contributed by atoms with Crippen molar-refractivity contribution in [2.75, 3.05) is 42.6 Å². The highest BCUT2D eigenvalue weighted by atomic mass is 32.1. The van der Waals surface area contributed by atoms with E-state index in [9.17, 15) is 4.79 Å². The summed E-state index contributed by atoms with van der Waals surface area (Å²) >= 11 is 1.38. The molecule has 0 aliphatic carbocycles. The molecule has 1 aromatic carbocycles. The molecule has 0 N–H and O–H groups in total. The molecule has 0 unspecified atom stereocenters. The van der Waals surface area contributed by atoms with Gasteiger partial charge in [0.25, 0.3) is 0 Å². The zero-order chi connectivity index (χ0) is 22.0. The van der Waals surface area contributed by atoms with E-state index < -0.39 is 0 Å². The number of carbonyl (C=O) groups is 1. The molecule has 0 amide bonds. The molecule has 4 rings (SSSR count). The molecule has 1 saturated heterocycles. The van der Waals surface area contributed by atoms with Crippen molar-refractivity contribution in [3.63, 3.8) is 0 Å². The number of esters is 1. The van der Waals surface area contributed by atoms with Crippen LogP contribution in [0.25, 0.3) is 10.2 Å². The molecule has 3 heterocycles. The Morgan fingerprint density at radius 2 is 1.84 bits per heavy atom. The lowest BCUT2D eigenvalue weighted by atomic mass is 10.2. The topological polar surface area (TPSA) is 82.3 Å². The van der Waals surface area contributed by atoms with E-state index in [1.807, 2.05) is 45.0 Å². The second-order valence-corrected chi connectivity index (χ2v) is 8.54. The number of aryl methyl sites for hydroxylation is 2. The zero-order valence-electron chi connectivity index (χ0n) is 18.0. The van der Waals surface area contributed by atoms with E-state index in [4.69, 9.17) is 15.0 Å². The number of hydrogen-bond acceptors (Lipinski definition) is 8. The molecule has 1 fully saturated rings. The largest absolute Gasteiger partial charge is 0.462 e. The van der Waals surface area contributed by atoms with Gasteiger partial charge in [-0.2, -0.15) is 5.26 Å². The molecule has 31 heavy (non-hydrogen) atoms. The monoisotopic (exact) mass is 435 g/mol. The summed E-state index contributed by atoms with van der Waals surface area (Å²) in [6.45, 7) is 9.49. The second kappa shape index (κ2) is 8.90. The highest BCUT2D eigenvalue weighted by Crippen LogP contribution is 2.36. The summed E-state index contributed by atoms with van der Waals surface area (Å²) in [5, 5.41) is 9.98. The molecule has 160 valence electrons. The van der Waals surface area contributed by atoms with Crippen LogP contribution in [0.2, 0.25) is 0 Å². The zero-order valence-corrected chi connectivity index (χ0v) is 18.8. The van der Waals surface area contributed by atoms with Gasteiger partial charge in [0.1, 0.15) is 21.3 Å². The smallest absolute Gasteiger partial charge is 0.348 e. The van der Waals surface area contributed by atoms with Gasteiger partial charge >= 0.3 is 5.97 Å². The van der Waals surface area contributed by atoms with Crippen molar-refractivity contribution in [1.82, 2.24) is 9.97 Å². The first-order valence-corrected chi connectivity index (χ1v) is 11.3. The number of nitrogens with zero attached hydrogens (tertiary/aromatic N) is 5. The second-order valence-electron chi connectivity index (χ2n) is 7.54. The van der Waals surface area contributed by atoms with Gasteiger partial charge in [0.2, 0.25) is 0 Å². The molecule has 0 radical (unpaired) electrons. The van der Waals surface area contributed by atoms with Gasteiger partial charge in [-0.3, -0.25) is 0 Å². The number of rotatable bonds is 4. The molecule has 0 saturated carbocycles. The van der Waals surface area contributed by atoms with Gasteiger partial charge in [0, 0.05) is 31.9 Å². The molecule has 0 atom stereocenters. The van der Waals surface area contributed by atoms with Gasteiger partial charge in [-0.15, -0.1) is 11.3 Å². The van der Waals surface area contributed by atoms with E-state index in [-0.39, 0.29) is 5.97 Å². The molecular formula is C23H25N5O2S. The Morgan fingerprint density at radius 3 is 2.55 bits per heavy atom. The maximum absolute atomic E-state index is 12.4. The van der Waals surface area contributed by atoms with Crippen LogP contribution in [0.3, 0.4) is 0 Å². The molecule has 8 heteroatoms. The SMILES string of the molecule is CCOC(=O)c1sc2nc(C)nc(N3CCCN(c4ccc(C#N)cc4)CC3)c2c1C. The summed E-state index contributed by atoms with van der Waals surface area (Å²) in [6, 6.07) is 9.91. The highest BCUT2D eigenvalue weighted by molar-refractivity contribution is 7.20. The number of benzene rings is 1. The molecule has 0 spiro atoms. The lowest BCUT2D eigenvalue weighted by molar-refractivity contribution is 0.0531. The van der Waals surface area contributed by atoms with E-state index in [0.717, 1.165) is 59.9 Å². The fourth-order valence-corrected chi connectivity index (χ4v) is 5.09. The maximum atomic E-state index is 12.4. The van der Waals surface area contributed by atoms with E-state index in [2.05, 4.69) is 20.9 Å². The third kappa shape index (κ3) is 4.19. The van der Waals surface area contributed by atoms with Crippen LogP contribution in [0.4, 0.5) is 11.5 Å². The first-order valence-electron chi connectivity index (χ1n) is 10.5. The van der Waals surface area contributed by atoms with Crippen molar-refractivity contribution in [2.45, 2.75) is 27.2 Å². The average Bonchev–Trinajstić information content (AvgIpc) is 2.94. The van der Waals surface area contributed by atoms with Gasteiger partial charge in [-0.1, -0.05) is 0 Å². The Kier molecular flexibility index (Phi) is 6.05. The van der Waals surface area contributed by atoms with Gasteiger partial charge in [0.05, 0.1) is 23.6 Å². The van der Waals surface area contributed by atoms with Crippen LogP contribution >= 0.6 is 11.3 Å². The van der Waals surface area contributed by atoms with Crippen molar-refractivity contribution in [3.05, 3.63) is 46.1 Å². The van der Waals surface area contributed by atoms with Crippen LogP contribution in [-0.4, -0.2) is 48.7 Å². The van der Waals surface area contributed by atoms with Crippen molar-refractivity contribution >= 4 is 39.0 Å². The number of carbonyl (C=O) groups excluding carboxylic acids is 1. The normalized spacial score (nSPS) is 14.4. The van der Waals surface area contributed by atoms with Crippen LogP contribution < -0.4 is 9.80 Å². The van der Waals surface area contributed by atoms with Crippen LogP contribution in [0, 0.1) is 25.2 Å². The predicted molar refractivity (Wildman–Crippen MR) is 123 cm³/mol. The van der Waals surface area contributed by atoms with Crippen molar-refractivity contribution < 1.29 is 9.53 Å². The fourth-order valence-electron chi connectivity index (χ4n) is 3.98. The van der Waals surface area contributed by atoms with Crippen LogP contribution in [0.15, 0.2) is 24.3 Å². The van der Waals surface area contributed by atoms with Gasteiger partial charge in [-0.05, 0) is 57.0 Å². The summed E-state index contributed by atoms with van der Waals surface area (Å²) in [5.41, 5.74) is 2.69. The van der Waals surface area contributed by atoms with Crippen molar-refractivity contribution in [1.29, 1.82) is 5.26 Å². The van der Waals surface area contributed by atoms with E-state index >= 15 is 0 Å². The highest BCUT2D eigenvalue weighted by Gasteiger charge is 2.25. The molecule has 0 bridgehead atoms. The van der Waals surface area contributed by atoms with Crippen LogP contribution in [0.1, 0.15) is 40.0 Å². The minimum absolute atomic E-state index is 0.297. The molecular weight excluding hydrogens is 410 g/mol. The number of nitriles is 1. The number of hydrogen-bond donors (Lipinski definition) is 0. The number of fused-ring (bicyclic) bond motifs is 1. The summed E-state index contributed by atoms with van der Waals surface area (Å²) in [5.74, 6) is 1.30. The lowest BCUT2D eigenvalue weighted by Crippen LogP contribution is -2.31. The first kappa shape index (κ1) is 21.1. The molecule has 1 aliphatic heterocycles. The Morgan fingerprint density at radius 1 is 1.13 bits per heavy atom. The molecule has 2 aromatic heterocycles. The van der Waals surface area contributed by atoms with E-state index in [1.54, 1.807) is 0 Å². The number of ether oxygens (including phenoxy) is 1. The van der Waals surface area contributed by atoms with Gasteiger partial charge in [-0.25, -0.2) is 14.8 Å². The molecule has 3 aromatic rings. The third-order valence-electron chi connectivity index (χ3n) is 5.50. The summed E-state index contributed by atoms with van der Waals surface area (Å²) in [7, 11) is 0. The minimum atomic E-state index is -0.297. The lowest BCUT2D eigenvalue weighted by Gasteiger charge is -2.25. The molecule has 7 nitrogen and oxygen atoms in total. The van der Waals surface area contributed by atoms with Crippen molar-refractivity contribution in [2.24, 2.45) is 0 Å². The maximum Gasteiger partial charge on any atom is 0.348 e. The predicted octanol–water partition coefficient (Wildman–Crippen LogP) is 4.07. The fraction of sp³-hybridized carbons (Fsp3) is 0.391. The number of anilines is 2. The third-order valence-corrected chi connectivity index (χ3v) is 6.67. The van der Waals surface area contributed by atoms with Crippen LogP contribution in [-0.2, 0) is 4.74 Å². The minimum Gasteiger partial charge on any atom is -0.462 e.